The van der Waals surface area contributed by atoms with Gasteiger partial charge in [0.1, 0.15) is 11.5 Å². The molecule has 1 aliphatic rings. The number of fused-ring (bicyclic) bond motifs is 1. The van der Waals surface area contributed by atoms with Crippen molar-refractivity contribution >= 4 is 21.9 Å². The highest BCUT2D eigenvalue weighted by Gasteiger charge is 2.25. The highest BCUT2D eigenvalue weighted by Crippen LogP contribution is 2.25. The van der Waals surface area contributed by atoms with Gasteiger partial charge in [-0.25, -0.2) is 23.1 Å². The van der Waals surface area contributed by atoms with Crippen LogP contribution in [-0.4, -0.2) is 30.8 Å². The van der Waals surface area contributed by atoms with Gasteiger partial charge in [0.2, 0.25) is 5.95 Å². The van der Waals surface area contributed by atoms with Crippen LogP contribution >= 0.6 is 0 Å². The molecular weight excluding hydrogens is 560 g/mol. The van der Waals surface area contributed by atoms with Gasteiger partial charge in [-0.3, -0.25) is 4.79 Å². The first-order valence-electron chi connectivity index (χ1n) is 14.0. The molecule has 9 heteroatoms. The maximum atomic E-state index is 13.5. The van der Waals surface area contributed by atoms with Crippen molar-refractivity contribution in [3.8, 4) is 11.5 Å². The Hall–Kier alpha value is -5.02. The van der Waals surface area contributed by atoms with Gasteiger partial charge in [0, 0.05) is 25.7 Å². The largest absolute Gasteiger partial charge is 0.457 e. The van der Waals surface area contributed by atoms with Crippen LogP contribution in [0.5, 0.6) is 11.5 Å². The van der Waals surface area contributed by atoms with Crippen LogP contribution in [-0.2, 0) is 29.4 Å². The molecule has 8 nitrogen and oxygen atoms in total. The predicted octanol–water partition coefficient (Wildman–Crippen LogP) is 5.85. The number of carbonyl (C=O) groups excluding carboxylic acids is 1. The summed E-state index contributed by atoms with van der Waals surface area (Å²) in [5.41, 5.74) is 5.11. The first-order chi connectivity index (χ1) is 20.8. The number of sulfonamides is 1. The Bertz CT molecular complexity index is 1880. The van der Waals surface area contributed by atoms with E-state index in [0.717, 1.165) is 24.1 Å². The molecule has 1 aliphatic heterocycles. The molecule has 0 saturated carbocycles. The number of amides is 1. The lowest BCUT2D eigenvalue weighted by atomic mass is 10.0. The standard InChI is InChI=1S/C34H30N4O4S/c1-24-8-7-9-25(20-24)21-32-31(22-35-34(36-32)38-19-18-26-10-5-6-11-27(26)23-38)33(39)37-43(40,41)30-16-14-29(15-17-30)42-28-12-3-2-4-13-28/h2-17,20,22H,18-19,21,23H2,1H3,(H,37,39). The number of ether oxygens (including phenoxy) is 1. The number of benzene rings is 4. The molecule has 0 atom stereocenters. The van der Waals surface area contributed by atoms with E-state index in [4.69, 9.17) is 9.72 Å². The quantitative estimate of drug-likeness (QED) is 0.242. The summed E-state index contributed by atoms with van der Waals surface area (Å²) in [5.74, 6) is 0.819. The Labute approximate surface area is 251 Å². The van der Waals surface area contributed by atoms with Gasteiger partial charge < -0.3 is 9.64 Å². The summed E-state index contributed by atoms with van der Waals surface area (Å²) in [4.78, 5) is 24.8. The Kier molecular flexibility index (Phi) is 7.89. The highest BCUT2D eigenvalue weighted by atomic mass is 32.2. The Morgan fingerprint density at radius 3 is 2.37 bits per heavy atom. The number of nitrogens with one attached hydrogen (secondary N) is 1. The number of carbonyl (C=O) groups is 1. The first-order valence-corrected chi connectivity index (χ1v) is 15.5. The van der Waals surface area contributed by atoms with Gasteiger partial charge in [-0.05, 0) is 66.4 Å². The molecule has 0 bridgehead atoms. The lowest BCUT2D eigenvalue weighted by molar-refractivity contribution is 0.0980. The SMILES string of the molecule is Cc1cccc(Cc2nc(N3CCc4ccccc4C3)ncc2C(=O)NS(=O)(=O)c2ccc(Oc3ccccc3)cc2)c1. The molecule has 4 aromatic carbocycles. The number of aryl methyl sites for hydroxylation is 1. The van der Waals surface area contributed by atoms with Crippen molar-refractivity contribution in [2.45, 2.75) is 31.2 Å². The summed E-state index contributed by atoms with van der Waals surface area (Å²) in [5, 5.41) is 0. The van der Waals surface area contributed by atoms with E-state index in [2.05, 4.69) is 26.7 Å². The van der Waals surface area contributed by atoms with Crippen molar-refractivity contribution in [3.63, 3.8) is 0 Å². The third kappa shape index (κ3) is 6.57. The van der Waals surface area contributed by atoms with E-state index in [9.17, 15) is 13.2 Å². The van der Waals surface area contributed by atoms with Crippen molar-refractivity contribution in [1.29, 1.82) is 0 Å². The fourth-order valence-corrected chi connectivity index (χ4v) is 6.08. The third-order valence-corrected chi connectivity index (χ3v) is 8.65. The van der Waals surface area contributed by atoms with Gasteiger partial charge in [0.15, 0.2) is 0 Å². The Morgan fingerprint density at radius 1 is 0.884 bits per heavy atom. The molecule has 0 aliphatic carbocycles. The van der Waals surface area contributed by atoms with Crippen molar-refractivity contribution < 1.29 is 17.9 Å². The molecule has 1 amide bonds. The molecule has 2 heterocycles. The summed E-state index contributed by atoms with van der Waals surface area (Å²) < 4.78 is 34.4. The van der Waals surface area contributed by atoms with Crippen LogP contribution < -0.4 is 14.4 Å². The smallest absolute Gasteiger partial charge is 0.268 e. The Balaban J connectivity index is 1.25. The van der Waals surface area contributed by atoms with Gasteiger partial charge in [-0.15, -0.1) is 0 Å². The molecule has 0 fully saturated rings. The van der Waals surface area contributed by atoms with Crippen LogP contribution in [0.1, 0.15) is 38.3 Å². The molecule has 216 valence electrons. The van der Waals surface area contributed by atoms with E-state index < -0.39 is 15.9 Å². The molecule has 43 heavy (non-hydrogen) atoms. The molecule has 1 aromatic heterocycles. The third-order valence-electron chi connectivity index (χ3n) is 7.31. The highest BCUT2D eigenvalue weighted by molar-refractivity contribution is 7.90. The molecule has 6 rings (SSSR count). The minimum absolute atomic E-state index is 0.0639. The summed E-state index contributed by atoms with van der Waals surface area (Å²) >= 11 is 0. The molecule has 0 unspecified atom stereocenters. The second kappa shape index (κ2) is 12.1. The summed E-state index contributed by atoms with van der Waals surface area (Å²) in [6.45, 7) is 3.39. The van der Waals surface area contributed by atoms with Crippen molar-refractivity contribution in [2.24, 2.45) is 0 Å². The summed E-state index contributed by atoms with van der Waals surface area (Å²) in [6, 6.07) is 31.3. The summed E-state index contributed by atoms with van der Waals surface area (Å²) in [7, 11) is -4.18. The summed E-state index contributed by atoms with van der Waals surface area (Å²) in [6.07, 6.45) is 2.63. The molecule has 0 saturated heterocycles. The number of nitrogens with zero attached hydrogens (tertiary/aromatic N) is 3. The van der Waals surface area contributed by atoms with Gasteiger partial charge in [0.25, 0.3) is 15.9 Å². The van der Waals surface area contributed by atoms with E-state index in [1.54, 1.807) is 24.3 Å². The maximum Gasteiger partial charge on any atom is 0.268 e. The minimum atomic E-state index is -4.18. The second-order valence-electron chi connectivity index (χ2n) is 10.5. The number of rotatable bonds is 8. The minimum Gasteiger partial charge on any atom is -0.457 e. The number of para-hydroxylation sites is 1. The number of hydrogen-bond acceptors (Lipinski definition) is 7. The number of anilines is 1. The average Bonchev–Trinajstić information content (AvgIpc) is 3.01. The number of aromatic nitrogens is 2. The van der Waals surface area contributed by atoms with Crippen LogP contribution in [0.3, 0.4) is 0 Å². The zero-order chi connectivity index (χ0) is 29.8. The van der Waals surface area contributed by atoms with Crippen molar-refractivity contribution in [3.05, 3.63) is 143 Å². The van der Waals surface area contributed by atoms with E-state index in [1.807, 2.05) is 61.5 Å². The number of hydrogen-bond donors (Lipinski definition) is 1. The fourth-order valence-electron chi connectivity index (χ4n) is 5.11. The lowest BCUT2D eigenvalue weighted by Gasteiger charge is -2.29. The molecule has 0 radical (unpaired) electrons. The zero-order valence-corrected chi connectivity index (χ0v) is 24.4. The Morgan fingerprint density at radius 2 is 1.60 bits per heavy atom. The van der Waals surface area contributed by atoms with Crippen molar-refractivity contribution in [1.82, 2.24) is 14.7 Å². The van der Waals surface area contributed by atoms with E-state index in [1.165, 1.54) is 29.5 Å². The van der Waals surface area contributed by atoms with Gasteiger partial charge in [-0.1, -0.05) is 72.3 Å². The maximum absolute atomic E-state index is 13.5. The van der Waals surface area contributed by atoms with Gasteiger partial charge in [-0.2, -0.15) is 0 Å². The van der Waals surface area contributed by atoms with Gasteiger partial charge >= 0.3 is 0 Å². The first kappa shape index (κ1) is 28.1. The molecular formula is C34H30N4O4S. The van der Waals surface area contributed by atoms with Crippen molar-refractivity contribution in [2.75, 3.05) is 11.4 Å². The lowest BCUT2D eigenvalue weighted by Crippen LogP contribution is -2.34. The molecule has 5 aromatic rings. The van der Waals surface area contributed by atoms with Crippen LogP contribution in [0, 0.1) is 6.92 Å². The van der Waals surface area contributed by atoms with Crippen LogP contribution in [0.15, 0.2) is 114 Å². The van der Waals surface area contributed by atoms with E-state index >= 15 is 0 Å². The van der Waals surface area contributed by atoms with Crippen LogP contribution in [0.4, 0.5) is 5.95 Å². The monoisotopic (exact) mass is 590 g/mol. The normalized spacial score (nSPS) is 12.8. The van der Waals surface area contributed by atoms with Crippen LogP contribution in [0.2, 0.25) is 0 Å². The van der Waals surface area contributed by atoms with E-state index in [-0.39, 0.29) is 10.5 Å². The molecule has 0 spiro atoms. The predicted molar refractivity (Wildman–Crippen MR) is 165 cm³/mol. The van der Waals surface area contributed by atoms with Crippen LogP contribution in [0.25, 0.3) is 0 Å². The van der Waals surface area contributed by atoms with E-state index in [0.29, 0.717) is 36.1 Å². The molecule has 1 N–H and O–H groups in total. The average molecular weight is 591 g/mol. The second-order valence-corrected chi connectivity index (χ2v) is 12.1. The van der Waals surface area contributed by atoms with Gasteiger partial charge in [0.05, 0.1) is 16.2 Å². The zero-order valence-electron chi connectivity index (χ0n) is 23.6. The fraction of sp³-hybridized carbons (Fsp3) is 0.147. The topological polar surface area (TPSA) is 101 Å².